The molecule has 0 aliphatic heterocycles. The quantitative estimate of drug-likeness (QED) is 0.731. The third-order valence-corrected chi connectivity index (χ3v) is 3.33. The Kier molecular flexibility index (Phi) is 5.18. The van der Waals surface area contributed by atoms with Crippen molar-refractivity contribution in [3.63, 3.8) is 0 Å². The zero-order chi connectivity index (χ0) is 14.5. The van der Waals surface area contributed by atoms with E-state index in [1.165, 1.54) is 13.2 Å². The molecule has 0 aromatic heterocycles. The smallest absolute Gasteiger partial charge is 0.251 e. The molecule has 0 fully saturated rings. The fourth-order valence-corrected chi connectivity index (χ4v) is 1.82. The number of methoxy groups -OCH3 is 1. The molecule has 1 atom stereocenters. The third-order valence-electron chi connectivity index (χ3n) is 3.33. The molecule has 0 saturated heterocycles. The van der Waals surface area contributed by atoms with Crippen molar-refractivity contribution in [3.05, 3.63) is 23.8 Å². The maximum Gasteiger partial charge on any atom is 0.251 e. The number of ether oxygens (including phenoxy) is 1. The predicted octanol–water partition coefficient (Wildman–Crippen LogP) is 1.65. The number of carbonyl (C=O) groups is 1. The van der Waals surface area contributed by atoms with Crippen molar-refractivity contribution in [1.29, 1.82) is 0 Å². The fourth-order valence-electron chi connectivity index (χ4n) is 1.82. The van der Waals surface area contributed by atoms with Crippen LogP contribution in [0.1, 0.15) is 37.0 Å². The van der Waals surface area contributed by atoms with Gasteiger partial charge in [0.15, 0.2) is 11.5 Å². The van der Waals surface area contributed by atoms with Gasteiger partial charge in [0.05, 0.1) is 7.11 Å². The first-order valence-electron chi connectivity index (χ1n) is 6.35. The Hall–Kier alpha value is -1.75. The normalized spacial score (nSPS) is 13.7. The van der Waals surface area contributed by atoms with Gasteiger partial charge in [0.2, 0.25) is 0 Å². The molecule has 0 aliphatic carbocycles. The fraction of sp³-hybridized carbons (Fsp3) is 0.500. The topological polar surface area (TPSA) is 84.6 Å². The molecule has 5 heteroatoms. The number of hydrogen-bond acceptors (Lipinski definition) is 4. The average Bonchev–Trinajstić information content (AvgIpc) is 2.38. The number of carbonyl (C=O) groups excluding carboxylic acids is 1. The Morgan fingerprint density at radius 3 is 2.68 bits per heavy atom. The van der Waals surface area contributed by atoms with E-state index < -0.39 is 0 Å². The first-order chi connectivity index (χ1) is 8.95. The Balaban J connectivity index is 2.86. The van der Waals surface area contributed by atoms with Crippen molar-refractivity contribution < 1.29 is 14.6 Å². The molecule has 106 valence electrons. The summed E-state index contributed by atoms with van der Waals surface area (Å²) >= 11 is 0. The van der Waals surface area contributed by atoms with Crippen LogP contribution in [0.3, 0.4) is 0 Å². The summed E-state index contributed by atoms with van der Waals surface area (Å²) in [5.74, 6) is 0.0692. The van der Waals surface area contributed by atoms with Gasteiger partial charge in [0, 0.05) is 11.1 Å². The van der Waals surface area contributed by atoms with Crippen molar-refractivity contribution in [1.82, 2.24) is 5.32 Å². The minimum atomic E-state index is -0.332. The number of phenolic OH excluding ortho intramolecular Hbond substituents is 1. The Labute approximate surface area is 113 Å². The van der Waals surface area contributed by atoms with Gasteiger partial charge in [-0.2, -0.15) is 0 Å². The summed E-state index contributed by atoms with van der Waals surface area (Å²) in [7, 11) is 1.46. The summed E-state index contributed by atoms with van der Waals surface area (Å²) in [6.45, 7) is 4.47. The molecule has 1 aromatic carbocycles. The standard InChI is InChI=1S/C14H22N2O3/c1-4-14(2,7-8-15)16-13(18)10-5-6-12(19-3)11(17)9-10/h5-6,9,17H,4,7-8,15H2,1-3H3,(H,16,18). The highest BCUT2D eigenvalue weighted by Gasteiger charge is 2.24. The first kappa shape index (κ1) is 15.3. The lowest BCUT2D eigenvalue weighted by Gasteiger charge is -2.29. The van der Waals surface area contributed by atoms with Gasteiger partial charge in [-0.05, 0) is 44.5 Å². The van der Waals surface area contributed by atoms with E-state index in [2.05, 4.69) is 5.32 Å². The van der Waals surface area contributed by atoms with Crippen molar-refractivity contribution in [2.24, 2.45) is 5.73 Å². The van der Waals surface area contributed by atoms with Gasteiger partial charge in [-0.3, -0.25) is 4.79 Å². The van der Waals surface area contributed by atoms with Crippen molar-refractivity contribution in [3.8, 4) is 11.5 Å². The molecule has 0 heterocycles. The van der Waals surface area contributed by atoms with Crippen LogP contribution in [0.25, 0.3) is 0 Å². The van der Waals surface area contributed by atoms with Gasteiger partial charge < -0.3 is 20.9 Å². The Morgan fingerprint density at radius 2 is 2.21 bits per heavy atom. The van der Waals surface area contributed by atoms with Crippen molar-refractivity contribution in [2.75, 3.05) is 13.7 Å². The van der Waals surface area contributed by atoms with Gasteiger partial charge in [-0.15, -0.1) is 0 Å². The number of benzene rings is 1. The lowest BCUT2D eigenvalue weighted by atomic mass is 9.94. The highest BCUT2D eigenvalue weighted by atomic mass is 16.5. The number of phenols is 1. The van der Waals surface area contributed by atoms with Crippen LogP contribution in [0.5, 0.6) is 11.5 Å². The van der Waals surface area contributed by atoms with E-state index in [1.54, 1.807) is 12.1 Å². The number of nitrogens with one attached hydrogen (secondary N) is 1. The summed E-state index contributed by atoms with van der Waals surface area (Å²) in [5.41, 5.74) is 5.62. The summed E-state index contributed by atoms with van der Waals surface area (Å²) in [5, 5.41) is 12.6. The molecule has 0 bridgehead atoms. The molecule has 1 unspecified atom stereocenters. The zero-order valence-electron chi connectivity index (χ0n) is 11.7. The Bertz CT molecular complexity index is 448. The molecule has 0 radical (unpaired) electrons. The van der Waals surface area contributed by atoms with Gasteiger partial charge in [-0.25, -0.2) is 0 Å². The molecule has 1 rings (SSSR count). The van der Waals surface area contributed by atoms with Crippen LogP contribution < -0.4 is 15.8 Å². The van der Waals surface area contributed by atoms with E-state index in [1.807, 2.05) is 13.8 Å². The lowest BCUT2D eigenvalue weighted by molar-refractivity contribution is 0.0899. The minimum Gasteiger partial charge on any atom is -0.504 e. The van der Waals surface area contributed by atoms with Crippen LogP contribution in [-0.2, 0) is 0 Å². The molecule has 19 heavy (non-hydrogen) atoms. The number of aromatic hydroxyl groups is 1. The number of hydrogen-bond donors (Lipinski definition) is 3. The largest absolute Gasteiger partial charge is 0.504 e. The van der Waals surface area contributed by atoms with E-state index in [9.17, 15) is 9.90 Å². The third kappa shape index (κ3) is 3.86. The van der Waals surface area contributed by atoms with Gasteiger partial charge in [-0.1, -0.05) is 6.92 Å². The maximum atomic E-state index is 12.1. The molecular weight excluding hydrogens is 244 g/mol. The Morgan fingerprint density at radius 1 is 1.53 bits per heavy atom. The number of amides is 1. The lowest BCUT2D eigenvalue weighted by Crippen LogP contribution is -2.46. The second kappa shape index (κ2) is 6.43. The van der Waals surface area contributed by atoms with Crippen LogP contribution in [0.2, 0.25) is 0 Å². The highest BCUT2D eigenvalue weighted by Crippen LogP contribution is 2.26. The monoisotopic (exact) mass is 266 g/mol. The van der Waals surface area contributed by atoms with Crippen LogP contribution in [0, 0.1) is 0 Å². The highest BCUT2D eigenvalue weighted by molar-refractivity contribution is 5.95. The minimum absolute atomic E-state index is 0.0489. The molecule has 0 aliphatic rings. The maximum absolute atomic E-state index is 12.1. The SMILES string of the molecule is CCC(C)(CCN)NC(=O)c1ccc(OC)c(O)c1. The number of rotatable bonds is 6. The molecular formula is C14H22N2O3. The van der Waals surface area contributed by atoms with E-state index in [-0.39, 0.29) is 17.2 Å². The number of nitrogens with two attached hydrogens (primary N) is 1. The summed E-state index contributed by atoms with van der Waals surface area (Å²) in [6.07, 6.45) is 1.50. The van der Waals surface area contributed by atoms with Crippen LogP contribution in [0.15, 0.2) is 18.2 Å². The van der Waals surface area contributed by atoms with Gasteiger partial charge in [0.25, 0.3) is 5.91 Å². The molecule has 5 nitrogen and oxygen atoms in total. The predicted molar refractivity (Wildman–Crippen MR) is 74.5 cm³/mol. The van der Waals surface area contributed by atoms with E-state index >= 15 is 0 Å². The molecule has 0 saturated carbocycles. The zero-order valence-corrected chi connectivity index (χ0v) is 11.7. The van der Waals surface area contributed by atoms with E-state index in [0.29, 0.717) is 24.3 Å². The summed E-state index contributed by atoms with van der Waals surface area (Å²) < 4.78 is 4.94. The molecule has 0 spiro atoms. The second-order valence-electron chi connectivity index (χ2n) is 4.79. The molecule has 1 amide bonds. The van der Waals surface area contributed by atoms with E-state index in [4.69, 9.17) is 10.5 Å². The second-order valence-corrected chi connectivity index (χ2v) is 4.79. The van der Waals surface area contributed by atoms with Gasteiger partial charge >= 0.3 is 0 Å². The van der Waals surface area contributed by atoms with Crippen LogP contribution in [-0.4, -0.2) is 30.2 Å². The van der Waals surface area contributed by atoms with Crippen molar-refractivity contribution >= 4 is 5.91 Å². The van der Waals surface area contributed by atoms with Crippen LogP contribution >= 0.6 is 0 Å². The summed E-state index contributed by atoms with van der Waals surface area (Å²) in [4.78, 5) is 12.1. The first-order valence-corrected chi connectivity index (χ1v) is 6.35. The summed E-state index contributed by atoms with van der Waals surface area (Å²) in [6, 6.07) is 4.58. The average molecular weight is 266 g/mol. The van der Waals surface area contributed by atoms with Gasteiger partial charge in [0.1, 0.15) is 0 Å². The molecule has 4 N–H and O–H groups in total. The van der Waals surface area contributed by atoms with E-state index in [0.717, 1.165) is 6.42 Å². The van der Waals surface area contributed by atoms with Crippen molar-refractivity contribution in [2.45, 2.75) is 32.2 Å². The van der Waals surface area contributed by atoms with Crippen LogP contribution in [0.4, 0.5) is 0 Å². The molecule has 1 aromatic rings.